The second-order valence-electron chi connectivity index (χ2n) is 6.24. The molecule has 9 nitrogen and oxygen atoms in total. The topological polar surface area (TPSA) is 117 Å². The third-order valence-corrected chi connectivity index (χ3v) is 5.63. The number of nitrogens with one attached hydrogen (secondary N) is 1. The molecule has 0 fully saturated rings. The Kier molecular flexibility index (Phi) is 7.65. The summed E-state index contributed by atoms with van der Waals surface area (Å²) in [6.45, 7) is 1.65. The van der Waals surface area contributed by atoms with Crippen molar-refractivity contribution in [2.45, 2.75) is 11.8 Å². The fourth-order valence-electron chi connectivity index (χ4n) is 2.70. The van der Waals surface area contributed by atoms with E-state index in [0.717, 1.165) is 6.08 Å². The van der Waals surface area contributed by atoms with Gasteiger partial charge in [-0.05, 0) is 54.5 Å². The Morgan fingerprint density at radius 3 is 2.23 bits per heavy atom. The first-order chi connectivity index (χ1) is 14.7. The summed E-state index contributed by atoms with van der Waals surface area (Å²) in [6, 6.07) is 7.28. The summed E-state index contributed by atoms with van der Waals surface area (Å²) < 4.78 is 48.6. The number of rotatable bonds is 8. The summed E-state index contributed by atoms with van der Waals surface area (Å²) in [5.41, 5.74) is 1.45. The molecule has 166 valence electrons. The minimum absolute atomic E-state index is 0.00551. The maximum Gasteiger partial charge on any atom is 0.337 e. The van der Waals surface area contributed by atoms with Gasteiger partial charge in [-0.2, -0.15) is 0 Å². The minimum atomic E-state index is -4.14. The van der Waals surface area contributed by atoms with Gasteiger partial charge in [-0.25, -0.2) is 18.0 Å². The predicted octanol–water partition coefficient (Wildman–Crippen LogP) is 2.79. The highest BCUT2D eigenvalue weighted by molar-refractivity contribution is 7.92. The van der Waals surface area contributed by atoms with Crippen LogP contribution in [0.4, 0.5) is 5.69 Å². The van der Waals surface area contributed by atoms with Gasteiger partial charge in [0.2, 0.25) is 0 Å². The number of benzene rings is 2. The van der Waals surface area contributed by atoms with Gasteiger partial charge < -0.3 is 18.9 Å². The van der Waals surface area contributed by atoms with Crippen molar-refractivity contribution in [3.8, 4) is 11.5 Å². The van der Waals surface area contributed by atoms with E-state index in [4.69, 9.17) is 9.47 Å². The second kappa shape index (κ2) is 9.98. The van der Waals surface area contributed by atoms with E-state index in [1.54, 1.807) is 6.92 Å². The van der Waals surface area contributed by atoms with Crippen LogP contribution in [-0.4, -0.2) is 48.8 Å². The molecule has 0 unspecified atom stereocenters. The average molecular weight is 449 g/mol. The van der Waals surface area contributed by atoms with Crippen LogP contribution in [0, 0.1) is 6.92 Å². The second-order valence-corrected chi connectivity index (χ2v) is 7.89. The third-order valence-electron chi connectivity index (χ3n) is 4.26. The number of ether oxygens (including phenoxy) is 4. The molecular weight excluding hydrogens is 426 g/mol. The molecule has 0 aliphatic carbocycles. The van der Waals surface area contributed by atoms with E-state index in [1.165, 1.54) is 64.8 Å². The normalized spacial score (nSPS) is 11.1. The van der Waals surface area contributed by atoms with Crippen LogP contribution in [0.3, 0.4) is 0 Å². The molecule has 31 heavy (non-hydrogen) atoms. The van der Waals surface area contributed by atoms with Crippen molar-refractivity contribution in [3.63, 3.8) is 0 Å². The lowest BCUT2D eigenvalue weighted by Crippen LogP contribution is -2.16. The molecule has 0 amide bonds. The molecule has 1 N–H and O–H groups in total. The van der Waals surface area contributed by atoms with Crippen LogP contribution in [0.15, 0.2) is 41.3 Å². The van der Waals surface area contributed by atoms with Crippen LogP contribution < -0.4 is 14.2 Å². The number of hydrogen-bond acceptors (Lipinski definition) is 8. The van der Waals surface area contributed by atoms with Gasteiger partial charge in [-0.15, -0.1) is 0 Å². The molecule has 0 saturated heterocycles. The standard InChI is InChI=1S/C21H23NO8S/c1-13-10-15(21(24)30-5)7-8-16(13)22-31(25,26)18-12-14(6-9-19(23)28-3)11-17(27-2)20(18)29-4/h6-12,22H,1-5H3/b9-6+. The molecular formula is C21H23NO8S. The van der Waals surface area contributed by atoms with Crippen LogP contribution in [0.25, 0.3) is 6.08 Å². The number of aryl methyl sites for hydroxylation is 1. The number of carbonyl (C=O) groups is 2. The van der Waals surface area contributed by atoms with Gasteiger partial charge in [0.15, 0.2) is 11.5 Å². The molecule has 0 saturated carbocycles. The molecule has 0 aliphatic rings. The quantitative estimate of drug-likeness (QED) is 0.483. The summed E-state index contributed by atoms with van der Waals surface area (Å²) in [6.07, 6.45) is 2.55. The number of sulfonamides is 1. The van der Waals surface area contributed by atoms with E-state index < -0.39 is 22.0 Å². The number of anilines is 1. The summed E-state index contributed by atoms with van der Waals surface area (Å²) in [4.78, 5) is 22.9. The average Bonchev–Trinajstić information content (AvgIpc) is 2.77. The lowest BCUT2D eigenvalue weighted by molar-refractivity contribution is -0.134. The Labute approximate surface area is 180 Å². The van der Waals surface area contributed by atoms with Crippen LogP contribution in [0.1, 0.15) is 21.5 Å². The Bertz CT molecular complexity index is 1120. The van der Waals surface area contributed by atoms with Crippen molar-refractivity contribution in [2.75, 3.05) is 33.2 Å². The molecule has 0 aliphatic heterocycles. The molecule has 0 spiro atoms. The third kappa shape index (κ3) is 5.54. The number of hydrogen-bond donors (Lipinski definition) is 1. The van der Waals surface area contributed by atoms with Gasteiger partial charge in [-0.3, -0.25) is 4.72 Å². The largest absolute Gasteiger partial charge is 0.493 e. The summed E-state index contributed by atoms with van der Waals surface area (Å²) in [5, 5.41) is 0. The first kappa shape index (κ1) is 23.7. The van der Waals surface area contributed by atoms with Crippen LogP contribution in [0.2, 0.25) is 0 Å². The lowest BCUT2D eigenvalue weighted by Gasteiger charge is -2.16. The van der Waals surface area contributed by atoms with Gasteiger partial charge in [0.05, 0.1) is 39.7 Å². The molecule has 0 bridgehead atoms. The molecule has 0 atom stereocenters. The summed E-state index contributed by atoms with van der Waals surface area (Å²) in [7, 11) is 1.04. The van der Waals surface area contributed by atoms with Crippen LogP contribution >= 0.6 is 0 Å². The zero-order chi connectivity index (χ0) is 23.2. The molecule has 2 aromatic rings. The van der Waals surface area contributed by atoms with Gasteiger partial charge in [-0.1, -0.05) is 0 Å². The maximum atomic E-state index is 13.2. The first-order valence-corrected chi connectivity index (χ1v) is 10.4. The Balaban J connectivity index is 2.53. The Hall–Kier alpha value is -3.53. The van der Waals surface area contributed by atoms with Crippen LogP contribution in [0.5, 0.6) is 11.5 Å². The smallest absolute Gasteiger partial charge is 0.337 e. The van der Waals surface area contributed by atoms with E-state index in [1.807, 2.05) is 0 Å². The van der Waals surface area contributed by atoms with E-state index in [2.05, 4.69) is 14.2 Å². The predicted molar refractivity (Wildman–Crippen MR) is 114 cm³/mol. The van der Waals surface area contributed by atoms with Gasteiger partial charge in [0.25, 0.3) is 10.0 Å². The summed E-state index contributed by atoms with van der Waals surface area (Å²) >= 11 is 0. The Morgan fingerprint density at radius 1 is 0.968 bits per heavy atom. The highest BCUT2D eigenvalue weighted by Gasteiger charge is 2.25. The van der Waals surface area contributed by atoms with Crippen LogP contribution in [-0.2, 0) is 24.3 Å². The molecule has 2 rings (SSSR count). The zero-order valence-corrected chi connectivity index (χ0v) is 18.5. The summed E-state index contributed by atoms with van der Waals surface area (Å²) in [5.74, 6) is -0.977. The molecule has 0 radical (unpaired) electrons. The lowest BCUT2D eigenvalue weighted by atomic mass is 10.1. The molecule has 0 aromatic heterocycles. The van der Waals surface area contributed by atoms with Gasteiger partial charge in [0, 0.05) is 6.08 Å². The minimum Gasteiger partial charge on any atom is -0.493 e. The van der Waals surface area contributed by atoms with Gasteiger partial charge >= 0.3 is 11.9 Å². The van der Waals surface area contributed by atoms with Crippen molar-refractivity contribution in [2.24, 2.45) is 0 Å². The van der Waals surface area contributed by atoms with Crippen molar-refractivity contribution in [3.05, 3.63) is 53.1 Å². The van der Waals surface area contributed by atoms with Crippen molar-refractivity contribution in [1.29, 1.82) is 0 Å². The maximum absolute atomic E-state index is 13.2. The van der Waals surface area contributed by atoms with Crippen molar-refractivity contribution in [1.82, 2.24) is 0 Å². The molecule has 2 aromatic carbocycles. The first-order valence-electron chi connectivity index (χ1n) is 8.90. The molecule has 0 heterocycles. The number of carbonyl (C=O) groups excluding carboxylic acids is 2. The van der Waals surface area contributed by atoms with E-state index >= 15 is 0 Å². The van der Waals surface area contributed by atoms with E-state index in [0.29, 0.717) is 11.1 Å². The van der Waals surface area contributed by atoms with Crippen molar-refractivity contribution < 1.29 is 37.0 Å². The highest BCUT2D eigenvalue weighted by Crippen LogP contribution is 2.37. The van der Waals surface area contributed by atoms with Gasteiger partial charge in [0.1, 0.15) is 4.90 Å². The van der Waals surface area contributed by atoms with Crippen molar-refractivity contribution >= 4 is 33.7 Å². The zero-order valence-electron chi connectivity index (χ0n) is 17.7. The fraction of sp³-hybridized carbons (Fsp3) is 0.238. The van der Waals surface area contributed by atoms with E-state index in [9.17, 15) is 18.0 Å². The highest BCUT2D eigenvalue weighted by atomic mass is 32.2. The fourth-order valence-corrected chi connectivity index (χ4v) is 4.05. The van der Waals surface area contributed by atoms with E-state index in [-0.39, 0.29) is 27.6 Å². The Morgan fingerprint density at radius 2 is 1.68 bits per heavy atom. The number of methoxy groups -OCH3 is 4. The molecule has 10 heteroatoms. The number of esters is 2. The SMILES string of the molecule is COC(=O)/C=C/c1cc(OC)c(OC)c(S(=O)(=O)Nc2ccc(C(=O)OC)cc2C)c1. The monoisotopic (exact) mass is 449 g/mol.